The van der Waals surface area contributed by atoms with Gasteiger partial charge in [0.05, 0.1) is 0 Å². The Hall–Kier alpha value is -1.08. The number of rotatable bonds is 7. The van der Waals surface area contributed by atoms with Crippen LogP contribution >= 0.6 is 0 Å². The summed E-state index contributed by atoms with van der Waals surface area (Å²) in [5.74, 6) is 0. The van der Waals surface area contributed by atoms with Crippen molar-refractivity contribution in [3.05, 3.63) is 42.0 Å². The van der Waals surface area contributed by atoms with Crippen molar-refractivity contribution in [2.45, 2.75) is 26.2 Å². The molecule has 0 unspecified atom stereocenters. The van der Waals surface area contributed by atoms with Crippen molar-refractivity contribution >= 4 is 6.08 Å². The molecule has 1 aromatic carbocycles. The lowest BCUT2D eigenvalue weighted by atomic mass is 10.2. The molecule has 0 atom stereocenters. The predicted molar refractivity (Wildman–Crippen MR) is 67.9 cm³/mol. The highest BCUT2D eigenvalue weighted by molar-refractivity contribution is 5.48. The summed E-state index contributed by atoms with van der Waals surface area (Å²) < 4.78 is 0. The van der Waals surface area contributed by atoms with Crippen LogP contribution in [0, 0.1) is 0 Å². The Balaban J connectivity index is 2.07. The van der Waals surface area contributed by atoms with Crippen molar-refractivity contribution in [2.75, 3.05) is 13.1 Å². The molecule has 15 heavy (non-hydrogen) atoms. The normalized spacial score (nSPS) is 11.0. The monoisotopic (exact) mass is 203 g/mol. The molecule has 0 bridgehead atoms. The molecule has 0 fully saturated rings. The van der Waals surface area contributed by atoms with E-state index in [1.165, 1.54) is 24.8 Å². The van der Waals surface area contributed by atoms with Crippen LogP contribution in [0.5, 0.6) is 0 Å². The highest BCUT2D eigenvalue weighted by Crippen LogP contribution is 1.99. The Morgan fingerprint density at radius 1 is 1.13 bits per heavy atom. The molecule has 0 aliphatic rings. The van der Waals surface area contributed by atoms with Crippen molar-refractivity contribution < 1.29 is 0 Å². The standard InChI is InChI=1S/C14H21N/c1-2-3-7-12-15-13-8-11-14-9-5-4-6-10-14/h4-6,8-11,15H,2-3,7,12-13H2,1H3/b11-8+. The van der Waals surface area contributed by atoms with Gasteiger partial charge in [0, 0.05) is 6.54 Å². The van der Waals surface area contributed by atoms with Gasteiger partial charge in [-0.3, -0.25) is 0 Å². The number of benzene rings is 1. The Labute approximate surface area is 93.2 Å². The molecular weight excluding hydrogens is 182 g/mol. The molecule has 1 aromatic rings. The molecule has 0 heterocycles. The average molecular weight is 203 g/mol. The van der Waals surface area contributed by atoms with Gasteiger partial charge in [0.15, 0.2) is 0 Å². The first kappa shape index (κ1) is 12.0. The summed E-state index contributed by atoms with van der Waals surface area (Å²) in [6.07, 6.45) is 8.25. The number of hydrogen-bond acceptors (Lipinski definition) is 1. The van der Waals surface area contributed by atoms with Crippen LogP contribution < -0.4 is 5.32 Å². The zero-order valence-corrected chi connectivity index (χ0v) is 9.58. The Morgan fingerprint density at radius 3 is 2.67 bits per heavy atom. The van der Waals surface area contributed by atoms with Crippen molar-refractivity contribution in [1.29, 1.82) is 0 Å². The second kappa shape index (κ2) is 8.25. The Bertz CT molecular complexity index is 264. The van der Waals surface area contributed by atoms with Gasteiger partial charge in [-0.25, -0.2) is 0 Å². The molecule has 0 aromatic heterocycles. The Kier molecular flexibility index (Phi) is 6.59. The fraction of sp³-hybridized carbons (Fsp3) is 0.429. The fourth-order valence-corrected chi connectivity index (χ4v) is 1.44. The van der Waals surface area contributed by atoms with E-state index in [0.29, 0.717) is 0 Å². The molecule has 0 aliphatic carbocycles. The molecule has 1 nitrogen and oxygen atoms in total. The summed E-state index contributed by atoms with van der Waals surface area (Å²) in [4.78, 5) is 0. The summed E-state index contributed by atoms with van der Waals surface area (Å²) >= 11 is 0. The first-order valence-corrected chi connectivity index (χ1v) is 5.86. The quantitative estimate of drug-likeness (QED) is 0.669. The molecule has 0 amide bonds. The summed E-state index contributed by atoms with van der Waals surface area (Å²) in [7, 11) is 0. The smallest absolute Gasteiger partial charge is 0.0138 e. The molecular formula is C14H21N. The van der Waals surface area contributed by atoms with Gasteiger partial charge in [0.2, 0.25) is 0 Å². The predicted octanol–water partition coefficient (Wildman–Crippen LogP) is 3.48. The fourth-order valence-electron chi connectivity index (χ4n) is 1.44. The maximum absolute atomic E-state index is 3.40. The van der Waals surface area contributed by atoms with Crippen LogP contribution in [-0.2, 0) is 0 Å². The second-order valence-corrected chi connectivity index (χ2v) is 3.72. The van der Waals surface area contributed by atoms with Gasteiger partial charge in [-0.1, -0.05) is 62.2 Å². The lowest BCUT2D eigenvalue weighted by molar-refractivity contribution is 0.647. The summed E-state index contributed by atoms with van der Waals surface area (Å²) in [5, 5.41) is 3.40. The molecule has 82 valence electrons. The van der Waals surface area contributed by atoms with Crippen LogP contribution in [0.2, 0.25) is 0 Å². The zero-order valence-electron chi connectivity index (χ0n) is 9.58. The molecule has 0 saturated carbocycles. The van der Waals surface area contributed by atoms with E-state index in [2.05, 4.69) is 48.7 Å². The number of hydrogen-bond donors (Lipinski definition) is 1. The van der Waals surface area contributed by atoms with Gasteiger partial charge >= 0.3 is 0 Å². The topological polar surface area (TPSA) is 12.0 Å². The van der Waals surface area contributed by atoms with Crippen molar-refractivity contribution in [3.8, 4) is 0 Å². The van der Waals surface area contributed by atoms with E-state index < -0.39 is 0 Å². The molecule has 0 aliphatic heterocycles. The molecule has 0 saturated heterocycles. The summed E-state index contributed by atoms with van der Waals surface area (Å²) in [6, 6.07) is 10.4. The average Bonchev–Trinajstić information content (AvgIpc) is 2.29. The SMILES string of the molecule is CCCCCNC/C=C/c1ccccc1. The molecule has 1 N–H and O–H groups in total. The lowest BCUT2D eigenvalue weighted by Gasteiger charge is -1.99. The molecule has 0 radical (unpaired) electrons. The van der Waals surface area contributed by atoms with Gasteiger partial charge in [0.25, 0.3) is 0 Å². The molecule has 0 spiro atoms. The molecule has 1 heteroatoms. The van der Waals surface area contributed by atoms with E-state index in [-0.39, 0.29) is 0 Å². The van der Waals surface area contributed by atoms with Crippen molar-refractivity contribution in [1.82, 2.24) is 5.32 Å². The third-order valence-electron chi connectivity index (χ3n) is 2.33. The largest absolute Gasteiger partial charge is 0.313 e. The van der Waals surface area contributed by atoms with Crippen LogP contribution in [0.1, 0.15) is 31.7 Å². The van der Waals surface area contributed by atoms with Gasteiger partial charge in [-0.2, -0.15) is 0 Å². The van der Waals surface area contributed by atoms with Crippen LogP contribution in [0.25, 0.3) is 6.08 Å². The van der Waals surface area contributed by atoms with Crippen molar-refractivity contribution in [3.63, 3.8) is 0 Å². The first-order chi connectivity index (χ1) is 7.43. The van der Waals surface area contributed by atoms with Crippen LogP contribution in [0.15, 0.2) is 36.4 Å². The van der Waals surface area contributed by atoms with Crippen LogP contribution in [-0.4, -0.2) is 13.1 Å². The number of unbranched alkanes of at least 4 members (excludes halogenated alkanes) is 2. The van der Waals surface area contributed by atoms with E-state index in [1.807, 2.05) is 6.07 Å². The summed E-state index contributed by atoms with van der Waals surface area (Å²) in [6.45, 7) is 4.33. The lowest BCUT2D eigenvalue weighted by Crippen LogP contribution is -2.14. The van der Waals surface area contributed by atoms with Gasteiger partial charge in [0.1, 0.15) is 0 Å². The third kappa shape index (κ3) is 6.08. The minimum absolute atomic E-state index is 0.971. The van der Waals surface area contributed by atoms with Gasteiger partial charge < -0.3 is 5.32 Å². The van der Waals surface area contributed by atoms with E-state index in [4.69, 9.17) is 0 Å². The minimum atomic E-state index is 0.971. The number of nitrogens with one attached hydrogen (secondary N) is 1. The van der Waals surface area contributed by atoms with Gasteiger partial charge in [-0.15, -0.1) is 0 Å². The maximum atomic E-state index is 3.40. The van der Waals surface area contributed by atoms with Crippen LogP contribution in [0.4, 0.5) is 0 Å². The van der Waals surface area contributed by atoms with E-state index in [0.717, 1.165) is 13.1 Å². The first-order valence-electron chi connectivity index (χ1n) is 5.86. The highest BCUT2D eigenvalue weighted by atomic mass is 14.8. The maximum Gasteiger partial charge on any atom is 0.0138 e. The van der Waals surface area contributed by atoms with E-state index in [1.54, 1.807) is 0 Å². The van der Waals surface area contributed by atoms with Gasteiger partial charge in [-0.05, 0) is 18.5 Å². The van der Waals surface area contributed by atoms with Crippen LogP contribution in [0.3, 0.4) is 0 Å². The zero-order chi connectivity index (χ0) is 10.8. The minimum Gasteiger partial charge on any atom is -0.313 e. The van der Waals surface area contributed by atoms with E-state index >= 15 is 0 Å². The second-order valence-electron chi connectivity index (χ2n) is 3.72. The summed E-state index contributed by atoms with van der Waals surface area (Å²) in [5.41, 5.74) is 1.27. The van der Waals surface area contributed by atoms with Crippen molar-refractivity contribution in [2.24, 2.45) is 0 Å². The highest BCUT2D eigenvalue weighted by Gasteiger charge is 1.85. The van der Waals surface area contributed by atoms with E-state index in [9.17, 15) is 0 Å². The molecule has 1 rings (SSSR count). The Morgan fingerprint density at radius 2 is 1.93 bits per heavy atom. The third-order valence-corrected chi connectivity index (χ3v) is 2.33.